The van der Waals surface area contributed by atoms with Gasteiger partial charge in [-0.1, -0.05) is 42.5 Å². The van der Waals surface area contributed by atoms with Crippen molar-refractivity contribution in [3.05, 3.63) is 65.2 Å². The van der Waals surface area contributed by atoms with Gasteiger partial charge in [0.15, 0.2) is 0 Å². The second-order valence-corrected chi connectivity index (χ2v) is 7.56. The highest BCUT2D eigenvalue weighted by molar-refractivity contribution is 5.90. The summed E-state index contributed by atoms with van der Waals surface area (Å²) in [5, 5.41) is 10.8. The van der Waals surface area contributed by atoms with Crippen LogP contribution < -0.4 is 4.90 Å². The van der Waals surface area contributed by atoms with Gasteiger partial charge in [0.2, 0.25) is 5.91 Å². The van der Waals surface area contributed by atoms with E-state index in [9.17, 15) is 14.7 Å². The number of hydrogen-bond donors (Lipinski definition) is 1. The Kier molecular flexibility index (Phi) is 4.81. The zero-order valence-electron chi connectivity index (χ0n) is 15.9. The third-order valence-electron chi connectivity index (χ3n) is 5.54. The van der Waals surface area contributed by atoms with Crippen LogP contribution in [0.3, 0.4) is 0 Å². The number of rotatable bonds is 4. The first-order chi connectivity index (χ1) is 13.5. The molecule has 2 aliphatic rings. The van der Waals surface area contributed by atoms with Gasteiger partial charge in [-0.2, -0.15) is 0 Å². The Morgan fingerprint density at radius 2 is 1.93 bits per heavy atom. The average Bonchev–Trinajstić information content (AvgIpc) is 3.13. The molecule has 1 unspecified atom stereocenters. The zero-order valence-corrected chi connectivity index (χ0v) is 15.9. The predicted molar refractivity (Wildman–Crippen MR) is 105 cm³/mol. The molecular formula is C22H24N2O4. The molecule has 2 amide bonds. The number of aliphatic hydroxyl groups is 1. The van der Waals surface area contributed by atoms with Crippen molar-refractivity contribution >= 4 is 17.7 Å². The Balaban J connectivity index is 1.50. The molecule has 0 radical (unpaired) electrons. The van der Waals surface area contributed by atoms with Gasteiger partial charge in [-0.05, 0) is 36.1 Å². The van der Waals surface area contributed by atoms with E-state index in [1.54, 1.807) is 16.7 Å². The lowest BCUT2D eigenvalue weighted by atomic mass is 9.91. The van der Waals surface area contributed by atoms with Gasteiger partial charge in [0, 0.05) is 13.1 Å². The fourth-order valence-corrected chi connectivity index (χ4v) is 3.97. The maximum absolute atomic E-state index is 12.9. The first-order valence-electron chi connectivity index (χ1n) is 9.56. The normalized spacial score (nSPS) is 18.4. The van der Waals surface area contributed by atoms with Crippen molar-refractivity contribution in [2.45, 2.75) is 31.9 Å². The molecule has 2 aromatic rings. The van der Waals surface area contributed by atoms with Gasteiger partial charge in [-0.25, -0.2) is 4.79 Å². The molecule has 6 heteroatoms. The van der Waals surface area contributed by atoms with Crippen LogP contribution in [0.4, 0.5) is 10.5 Å². The van der Waals surface area contributed by atoms with Crippen molar-refractivity contribution in [1.82, 2.24) is 4.90 Å². The number of amides is 2. The summed E-state index contributed by atoms with van der Waals surface area (Å²) in [6, 6.07) is 15.1. The lowest BCUT2D eigenvalue weighted by molar-refractivity contribution is -0.137. The second kappa shape index (κ2) is 7.28. The first-order valence-corrected chi connectivity index (χ1v) is 9.56. The molecule has 0 spiro atoms. The minimum atomic E-state index is -1.21. The summed E-state index contributed by atoms with van der Waals surface area (Å²) in [4.78, 5) is 28.3. The first kappa shape index (κ1) is 18.5. The Labute approximate surface area is 164 Å². The van der Waals surface area contributed by atoms with Gasteiger partial charge in [-0.15, -0.1) is 0 Å². The summed E-state index contributed by atoms with van der Waals surface area (Å²) in [7, 11) is 0. The highest BCUT2D eigenvalue weighted by Gasteiger charge is 2.32. The summed E-state index contributed by atoms with van der Waals surface area (Å²) >= 11 is 0. The van der Waals surface area contributed by atoms with Gasteiger partial charge in [0.25, 0.3) is 0 Å². The maximum Gasteiger partial charge on any atom is 0.414 e. The van der Waals surface area contributed by atoms with Crippen LogP contribution in [0.2, 0.25) is 0 Å². The smallest absolute Gasteiger partial charge is 0.414 e. The van der Waals surface area contributed by atoms with Gasteiger partial charge in [-0.3, -0.25) is 9.69 Å². The minimum absolute atomic E-state index is 0.0322. The van der Waals surface area contributed by atoms with E-state index in [4.69, 9.17) is 4.74 Å². The molecule has 2 heterocycles. The zero-order chi connectivity index (χ0) is 19.7. The number of ether oxygens (including phenoxy) is 1. The molecule has 2 aromatic carbocycles. The third kappa shape index (κ3) is 3.47. The van der Waals surface area contributed by atoms with Crippen LogP contribution in [-0.2, 0) is 28.1 Å². The SMILES string of the molecule is CC(O)(CC(=O)N1CCc2c(cccc2N2CCOC2=O)C1)c1ccccc1. The van der Waals surface area contributed by atoms with Crippen LogP contribution in [0.25, 0.3) is 0 Å². The molecule has 1 fully saturated rings. The number of carbonyl (C=O) groups is 2. The Morgan fingerprint density at radius 1 is 1.14 bits per heavy atom. The van der Waals surface area contributed by atoms with E-state index in [1.165, 1.54) is 0 Å². The molecule has 28 heavy (non-hydrogen) atoms. The van der Waals surface area contributed by atoms with Gasteiger partial charge in [0.05, 0.1) is 24.3 Å². The summed E-state index contributed by atoms with van der Waals surface area (Å²) in [6.45, 7) is 3.68. The monoisotopic (exact) mass is 380 g/mol. The predicted octanol–water partition coefficient (Wildman–Crippen LogP) is 2.83. The summed E-state index contributed by atoms with van der Waals surface area (Å²) < 4.78 is 5.06. The van der Waals surface area contributed by atoms with Crippen molar-refractivity contribution in [1.29, 1.82) is 0 Å². The van der Waals surface area contributed by atoms with Crippen LogP contribution >= 0.6 is 0 Å². The van der Waals surface area contributed by atoms with Crippen LogP contribution in [0.15, 0.2) is 48.5 Å². The molecule has 1 N–H and O–H groups in total. The van der Waals surface area contributed by atoms with Crippen molar-refractivity contribution in [2.75, 3.05) is 24.6 Å². The number of carbonyl (C=O) groups excluding carboxylic acids is 2. The maximum atomic E-state index is 12.9. The fraction of sp³-hybridized carbons (Fsp3) is 0.364. The van der Waals surface area contributed by atoms with E-state index in [2.05, 4.69) is 0 Å². The van der Waals surface area contributed by atoms with Crippen molar-refractivity contribution in [3.63, 3.8) is 0 Å². The molecule has 0 aromatic heterocycles. The molecule has 4 rings (SSSR count). The number of anilines is 1. The standard InChI is InChI=1S/C22H24N2O4/c1-22(27,17-7-3-2-4-8-17)14-20(25)23-11-10-18-16(15-23)6-5-9-19(18)24-12-13-28-21(24)26/h2-9,27H,10-15H2,1H3. The molecule has 0 saturated carbocycles. The number of hydrogen-bond acceptors (Lipinski definition) is 4. The topological polar surface area (TPSA) is 70.1 Å². The van der Waals surface area contributed by atoms with E-state index in [-0.39, 0.29) is 18.4 Å². The number of nitrogens with zero attached hydrogens (tertiary/aromatic N) is 2. The summed E-state index contributed by atoms with van der Waals surface area (Å²) in [6.07, 6.45) is 0.393. The number of cyclic esters (lactones) is 1. The molecular weight excluding hydrogens is 356 g/mol. The lowest BCUT2D eigenvalue weighted by Crippen LogP contribution is -2.40. The van der Waals surface area contributed by atoms with Crippen LogP contribution in [-0.4, -0.2) is 41.7 Å². The molecule has 1 atom stereocenters. The van der Waals surface area contributed by atoms with Crippen molar-refractivity contribution in [2.24, 2.45) is 0 Å². The average molecular weight is 380 g/mol. The highest BCUT2D eigenvalue weighted by Crippen LogP contribution is 2.32. The van der Waals surface area contributed by atoms with Crippen LogP contribution in [0, 0.1) is 0 Å². The van der Waals surface area contributed by atoms with E-state index in [1.807, 2.05) is 48.5 Å². The summed E-state index contributed by atoms with van der Waals surface area (Å²) in [5.41, 5.74) is 2.54. The summed E-state index contributed by atoms with van der Waals surface area (Å²) in [5.74, 6) is -0.0783. The van der Waals surface area contributed by atoms with Gasteiger partial charge >= 0.3 is 6.09 Å². The molecule has 6 nitrogen and oxygen atoms in total. The van der Waals surface area contributed by atoms with Crippen LogP contribution in [0.1, 0.15) is 30.0 Å². The van der Waals surface area contributed by atoms with Gasteiger partial charge in [0.1, 0.15) is 6.61 Å². The molecule has 1 saturated heterocycles. The van der Waals surface area contributed by atoms with Crippen LogP contribution in [0.5, 0.6) is 0 Å². The Hall–Kier alpha value is -2.86. The highest BCUT2D eigenvalue weighted by atomic mass is 16.6. The second-order valence-electron chi connectivity index (χ2n) is 7.56. The molecule has 2 aliphatic heterocycles. The van der Waals surface area contributed by atoms with E-state index >= 15 is 0 Å². The molecule has 146 valence electrons. The van der Waals surface area contributed by atoms with Crippen molar-refractivity contribution in [3.8, 4) is 0 Å². The molecule has 0 bridgehead atoms. The fourth-order valence-electron chi connectivity index (χ4n) is 3.97. The Bertz CT molecular complexity index is 895. The largest absolute Gasteiger partial charge is 0.447 e. The number of benzene rings is 2. The number of fused-ring (bicyclic) bond motifs is 1. The Morgan fingerprint density at radius 3 is 2.64 bits per heavy atom. The minimum Gasteiger partial charge on any atom is -0.447 e. The van der Waals surface area contributed by atoms with Gasteiger partial charge < -0.3 is 14.7 Å². The van der Waals surface area contributed by atoms with E-state index < -0.39 is 5.60 Å². The third-order valence-corrected chi connectivity index (χ3v) is 5.54. The quantitative estimate of drug-likeness (QED) is 0.886. The van der Waals surface area contributed by atoms with E-state index in [0.29, 0.717) is 32.7 Å². The van der Waals surface area contributed by atoms with Crippen molar-refractivity contribution < 1.29 is 19.4 Å². The molecule has 0 aliphatic carbocycles. The van der Waals surface area contributed by atoms with E-state index in [0.717, 1.165) is 22.4 Å². The lowest BCUT2D eigenvalue weighted by Gasteiger charge is -2.33.